The molecule has 8 heteroatoms. The maximum atomic E-state index is 12.2. The number of aliphatic hydroxyl groups excluding tert-OH is 1. The van der Waals surface area contributed by atoms with E-state index in [0.29, 0.717) is 5.56 Å². The summed E-state index contributed by atoms with van der Waals surface area (Å²) in [6.45, 7) is 1.23. The van der Waals surface area contributed by atoms with Gasteiger partial charge in [0.2, 0.25) is 5.91 Å². The number of likely N-dealkylation sites (N-methyl/N-ethyl adjacent to an activating group) is 2. The highest BCUT2D eigenvalue weighted by Crippen LogP contribution is 2.27. The lowest BCUT2D eigenvalue weighted by Gasteiger charge is -2.16. The molecule has 1 rings (SSSR count). The predicted octanol–water partition coefficient (Wildman–Crippen LogP) is 0.569. The molecule has 0 atom stereocenters. The Morgan fingerprint density at radius 3 is 2.46 bits per heavy atom. The molecule has 1 aromatic rings. The normalized spacial score (nSPS) is 10.9. The van der Waals surface area contributed by atoms with E-state index in [1.54, 1.807) is 12.1 Å². The summed E-state index contributed by atoms with van der Waals surface area (Å²) in [6.07, 6.45) is 0. The first-order valence-corrected chi connectivity index (χ1v) is 6.80. The van der Waals surface area contributed by atoms with Gasteiger partial charge in [-0.05, 0) is 24.6 Å². The van der Waals surface area contributed by atoms with Crippen molar-refractivity contribution in [3.63, 3.8) is 0 Å². The van der Waals surface area contributed by atoms with Gasteiger partial charge in [-0.25, -0.2) is 0 Å². The van der Waals surface area contributed by atoms with Crippen LogP contribution in [-0.4, -0.2) is 47.6 Å². The van der Waals surface area contributed by atoms with Gasteiger partial charge in [0, 0.05) is 19.7 Å². The standard InChI is InChI=1S/C16H16N4O4/c1-9-4-10(5-11(6-17)14(9)22)15(23)12(7-18)16(24)20(3)8-13(21)19-2/h4-5,22-23H,8H2,1-3H3,(H,19,21)/b15-12-. The molecule has 1 aromatic carbocycles. The molecule has 124 valence electrons. The Balaban J connectivity index is 3.34. The molecule has 8 nitrogen and oxygen atoms in total. The molecule has 0 radical (unpaired) electrons. The molecule has 0 fully saturated rings. The highest BCUT2D eigenvalue weighted by atomic mass is 16.3. The summed E-state index contributed by atoms with van der Waals surface area (Å²) in [5.74, 6) is -2.15. The van der Waals surface area contributed by atoms with Crippen molar-refractivity contribution in [2.75, 3.05) is 20.6 Å². The minimum Gasteiger partial charge on any atom is -0.506 e. The second-order valence-electron chi connectivity index (χ2n) is 4.97. The lowest BCUT2D eigenvalue weighted by Crippen LogP contribution is -2.37. The number of phenolic OH excluding ortho intramolecular Hbond substituents is 1. The van der Waals surface area contributed by atoms with Crippen molar-refractivity contribution in [1.82, 2.24) is 10.2 Å². The Hall–Kier alpha value is -3.52. The molecule has 0 spiro atoms. The maximum Gasteiger partial charge on any atom is 0.268 e. The molecule has 0 aromatic heterocycles. The molecule has 0 heterocycles. The summed E-state index contributed by atoms with van der Waals surface area (Å²) in [6, 6.07) is 5.87. The third kappa shape index (κ3) is 3.81. The fraction of sp³-hybridized carbons (Fsp3) is 0.250. The van der Waals surface area contributed by atoms with Crippen LogP contribution in [-0.2, 0) is 9.59 Å². The highest BCUT2D eigenvalue weighted by Gasteiger charge is 2.22. The number of rotatable bonds is 4. The summed E-state index contributed by atoms with van der Waals surface area (Å²) in [7, 11) is 2.72. The van der Waals surface area contributed by atoms with E-state index in [0.717, 1.165) is 4.90 Å². The van der Waals surface area contributed by atoms with Gasteiger partial charge in [-0.15, -0.1) is 0 Å². The van der Waals surface area contributed by atoms with Crippen molar-refractivity contribution in [3.8, 4) is 17.9 Å². The van der Waals surface area contributed by atoms with Crippen LogP contribution in [0.25, 0.3) is 5.76 Å². The average Bonchev–Trinajstić information content (AvgIpc) is 2.57. The van der Waals surface area contributed by atoms with Gasteiger partial charge in [-0.1, -0.05) is 0 Å². The number of phenols is 1. The summed E-state index contributed by atoms with van der Waals surface area (Å²) in [5, 5.41) is 40.5. The van der Waals surface area contributed by atoms with E-state index in [-0.39, 0.29) is 23.4 Å². The topological polar surface area (TPSA) is 137 Å². The molecular weight excluding hydrogens is 312 g/mol. The molecule has 0 aliphatic rings. The SMILES string of the molecule is CNC(=O)CN(C)C(=O)/C(C#N)=C(\O)c1cc(C)c(O)c(C#N)c1. The Bertz CT molecular complexity index is 800. The number of aromatic hydroxyl groups is 1. The second kappa shape index (κ2) is 7.65. The number of nitrogens with zero attached hydrogens (tertiary/aromatic N) is 3. The third-order valence-corrected chi connectivity index (χ3v) is 3.26. The average molecular weight is 328 g/mol. The van der Waals surface area contributed by atoms with Gasteiger partial charge in [0.1, 0.15) is 23.6 Å². The van der Waals surface area contributed by atoms with Crippen molar-refractivity contribution < 1.29 is 19.8 Å². The van der Waals surface area contributed by atoms with Crippen LogP contribution >= 0.6 is 0 Å². The zero-order valence-electron chi connectivity index (χ0n) is 13.4. The smallest absolute Gasteiger partial charge is 0.268 e. The third-order valence-electron chi connectivity index (χ3n) is 3.26. The molecule has 24 heavy (non-hydrogen) atoms. The van der Waals surface area contributed by atoms with Gasteiger partial charge in [-0.3, -0.25) is 9.59 Å². The minimum atomic E-state index is -0.845. The van der Waals surface area contributed by atoms with Crippen LogP contribution < -0.4 is 5.32 Å². The number of aliphatic hydroxyl groups is 1. The zero-order valence-corrected chi connectivity index (χ0v) is 13.4. The minimum absolute atomic E-state index is 0.0418. The van der Waals surface area contributed by atoms with E-state index in [2.05, 4.69) is 5.32 Å². The summed E-state index contributed by atoms with van der Waals surface area (Å²) >= 11 is 0. The van der Waals surface area contributed by atoms with Crippen molar-refractivity contribution in [1.29, 1.82) is 10.5 Å². The number of nitriles is 2. The van der Waals surface area contributed by atoms with E-state index < -0.39 is 23.1 Å². The van der Waals surface area contributed by atoms with Gasteiger partial charge in [0.15, 0.2) is 5.57 Å². The first-order chi connectivity index (χ1) is 11.3. The first kappa shape index (κ1) is 18.5. The van der Waals surface area contributed by atoms with Crippen LogP contribution in [0.4, 0.5) is 0 Å². The molecule has 0 bridgehead atoms. The van der Waals surface area contributed by atoms with Crippen LogP contribution in [0.2, 0.25) is 0 Å². The molecule has 0 saturated heterocycles. The maximum absolute atomic E-state index is 12.2. The quantitative estimate of drug-likeness (QED) is 0.420. The van der Waals surface area contributed by atoms with Crippen LogP contribution in [0.3, 0.4) is 0 Å². The number of carbonyl (C=O) groups excluding carboxylic acids is 2. The van der Waals surface area contributed by atoms with Crippen LogP contribution in [0, 0.1) is 29.6 Å². The van der Waals surface area contributed by atoms with Gasteiger partial charge >= 0.3 is 0 Å². The number of carbonyl (C=O) groups is 2. The first-order valence-electron chi connectivity index (χ1n) is 6.80. The van der Waals surface area contributed by atoms with Gasteiger partial charge < -0.3 is 20.4 Å². The fourth-order valence-corrected chi connectivity index (χ4v) is 1.91. The lowest BCUT2D eigenvalue weighted by molar-refractivity contribution is -0.131. The Labute approximate surface area is 138 Å². The van der Waals surface area contributed by atoms with Crippen molar-refractivity contribution in [2.45, 2.75) is 6.92 Å². The van der Waals surface area contributed by atoms with E-state index >= 15 is 0 Å². The molecule has 0 aliphatic heterocycles. The number of benzene rings is 1. The number of hydrogen-bond donors (Lipinski definition) is 3. The van der Waals surface area contributed by atoms with E-state index in [1.807, 2.05) is 0 Å². The fourth-order valence-electron chi connectivity index (χ4n) is 1.91. The molecule has 3 N–H and O–H groups in total. The number of hydrogen-bond acceptors (Lipinski definition) is 6. The van der Waals surface area contributed by atoms with Crippen molar-refractivity contribution in [3.05, 3.63) is 34.4 Å². The van der Waals surface area contributed by atoms with Crippen LogP contribution in [0.15, 0.2) is 17.7 Å². The number of aryl methyl sites for hydroxylation is 1. The predicted molar refractivity (Wildman–Crippen MR) is 84.4 cm³/mol. The van der Waals surface area contributed by atoms with Gasteiger partial charge in [0.05, 0.1) is 12.1 Å². The Kier molecular flexibility index (Phi) is 5.91. The van der Waals surface area contributed by atoms with Crippen LogP contribution in [0.1, 0.15) is 16.7 Å². The zero-order chi connectivity index (χ0) is 18.4. The monoisotopic (exact) mass is 328 g/mol. The van der Waals surface area contributed by atoms with Gasteiger partial charge in [-0.2, -0.15) is 10.5 Å². The largest absolute Gasteiger partial charge is 0.506 e. The summed E-state index contributed by atoms with van der Waals surface area (Å²) < 4.78 is 0. The molecule has 0 aliphatic carbocycles. The summed E-state index contributed by atoms with van der Waals surface area (Å²) in [5.41, 5.74) is -0.325. The van der Waals surface area contributed by atoms with E-state index in [1.165, 1.54) is 33.2 Å². The van der Waals surface area contributed by atoms with Crippen molar-refractivity contribution in [2.24, 2.45) is 0 Å². The van der Waals surface area contributed by atoms with Crippen LogP contribution in [0.5, 0.6) is 5.75 Å². The molecule has 0 unspecified atom stereocenters. The Morgan fingerprint density at radius 2 is 1.96 bits per heavy atom. The highest BCUT2D eigenvalue weighted by molar-refractivity contribution is 6.04. The molecular formula is C16H16N4O4. The molecule has 0 saturated carbocycles. The number of amides is 2. The van der Waals surface area contributed by atoms with Crippen molar-refractivity contribution >= 4 is 17.6 Å². The number of nitrogens with one attached hydrogen (secondary N) is 1. The Morgan fingerprint density at radius 1 is 1.33 bits per heavy atom. The summed E-state index contributed by atoms with van der Waals surface area (Å²) in [4.78, 5) is 24.5. The molecule has 2 amide bonds. The van der Waals surface area contributed by atoms with E-state index in [9.17, 15) is 25.1 Å². The van der Waals surface area contributed by atoms with E-state index in [4.69, 9.17) is 5.26 Å². The second-order valence-corrected chi connectivity index (χ2v) is 4.97. The van der Waals surface area contributed by atoms with Gasteiger partial charge in [0.25, 0.3) is 5.91 Å². The lowest BCUT2D eigenvalue weighted by atomic mass is 10.0.